The summed E-state index contributed by atoms with van der Waals surface area (Å²) in [6.07, 6.45) is 3.51. The van der Waals surface area contributed by atoms with Crippen molar-refractivity contribution in [2.75, 3.05) is 0 Å². The number of nitrogens with zero attached hydrogens (tertiary/aromatic N) is 2. The van der Waals surface area contributed by atoms with Crippen molar-refractivity contribution in [1.82, 2.24) is 14.7 Å². The van der Waals surface area contributed by atoms with Gasteiger partial charge in [0.1, 0.15) is 5.65 Å². The monoisotopic (exact) mass is 402 g/mol. The van der Waals surface area contributed by atoms with Gasteiger partial charge in [0.25, 0.3) is 0 Å². The fourth-order valence-electron chi connectivity index (χ4n) is 3.28. The predicted molar refractivity (Wildman–Crippen MR) is 111 cm³/mol. The highest BCUT2D eigenvalue weighted by Gasteiger charge is 2.17. The molecule has 0 aliphatic heterocycles. The van der Waals surface area contributed by atoms with Crippen molar-refractivity contribution in [2.45, 2.75) is 18.4 Å². The molecule has 0 saturated carbocycles. The summed E-state index contributed by atoms with van der Waals surface area (Å²) < 4.78 is 27.9. The van der Waals surface area contributed by atoms with Crippen LogP contribution >= 0.6 is 0 Å². The van der Waals surface area contributed by atoms with E-state index >= 15 is 0 Å². The average molecular weight is 402 g/mol. The van der Waals surface area contributed by atoms with Crippen LogP contribution in [0.5, 0.6) is 0 Å². The number of sulfonamides is 1. The van der Waals surface area contributed by atoms with E-state index in [4.69, 9.17) is 5.26 Å². The van der Waals surface area contributed by atoms with Gasteiger partial charge in [-0.05, 0) is 53.9 Å². The Labute approximate surface area is 168 Å². The summed E-state index contributed by atoms with van der Waals surface area (Å²) in [6.45, 7) is 2.15. The van der Waals surface area contributed by atoms with Gasteiger partial charge in [0.15, 0.2) is 0 Å². The number of aromatic amines is 1. The molecule has 0 unspecified atom stereocenters. The van der Waals surface area contributed by atoms with Crippen LogP contribution in [0.3, 0.4) is 0 Å². The zero-order valence-electron chi connectivity index (χ0n) is 15.7. The maximum Gasteiger partial charge on any atom is 0.240 e. The Balaban J connectivity index is 1.67. The van der Waals surface area contributed by atoms with Gasteiger partial charge in [-0.1, -0.05) is 29.8 Å². The zero-order valence-corrected chi connectivity index (χ0v) is 16.5. The van der Waals surface area contributed by atoms with Crippen LogP contribution in [0.1, 0.15) is 16.7 Å². The fraction of sp³-hybridized carbons (Fsp3) is 0.0909. The van der Waals surface area contributed by atoms with E-state index in [-0.39, 0.29) is 11.4 Å². The van der Waals surface area contributed by atoms with E-state index in [0.717, 1.165) is 27.6 Å². The minimum absolute atomic E-state index is 0.118. The molecule has 0 radical (unpaired) electrons. The van der Waals surface area contributed by atoms with Gasteiger partial charge in [-0.2, -0.15) is 5.26 Å². The van der Waals surface area contributed by atoms with Crippen LogP contribution in [0.4, 0.5) is 0 Å². The summed E-state index contributed by atoms with van der Waals surface area (Å²) in [7, 11) is -3.71. The third-order valence-corrected chi connectivity index (χ3v) is 6.15. The highest BCUT2D eigenvalue weighted by atomic mass is 32.2. The summed E-state index contributed by atoms with van der Waals surface area (Å²) in [4.78, 5) is 7.61. The number of hydrogen-bond donors (Lipinski definition) is 2. The summed E-state index contributed by atoms with van der Waals surface area (Å²) in [5, 5.41) is 9.76. The van der Waals surface area contributed by atoms with Gasteiger partial charge in [-0.25, -0.2) is 18.1 Å². The second-order valence-corrected chi connectivity index (χ2v) is 8.49. The quantitative estimate of drug-likeness (QED) is 0.529. The number of H-pyrrole nitrogens is 1. The van der Waals surface area contributed by atoms with Crippen LogP contribution in [-0.2, 0) is 16.6 Å². The minimum Gasteiger partial charge on any atom is -0.346 e. The first kappa shape index (κ1) is 18.9. The number of nitrogens with one attached hydrogen (secondary N) is 2. The molecule has 144 valence electrons. The number of aromatic nitrogens is 2. The molecule has 0 fully saturated rings. The highest BCUT2D eigenvalue weighted by molar-refractivity contribution is 7.89. The number of nitriles is 1. The van der Waals surface area contributed by atoms with Crippen LogP contribution < -0.4 is 4.72 Å². The normalized spacial score (nSPS) is 11.4. The SMILES string of the molecule is Cc1cccc(-c2ccnc3[nH]cc(CNS(=O)(=O)c4ccc(C#N)cc4)c23)c1. The number of rotatable bonds is 5. The first-order valence-electron chi connectivity index (χ1n) is 9.00. The molecule has 0 saturated heterocycles. The lowest BCUT2D eigenvalue weighted by atomic mass is 10.00. The molecule has 0 bridgehead atoms. The Bertz CT molecular complexity index is 1330. The standard InChI is InChI=1S/C22H18N4O2S/c1-15-3-2-4-17(11-15)20-9-10-24-22-21(20)18(13-25-22)14-26-29(27,28)19-7-5-16(12-23)6-8-19/h2-11,13,26H,14H2,1H3,(H,24,25). The fourth-order valence-corrected chi connectivity index (χ4v) is 4.29. The lowest BCUT2D eigenvalue weighted by Crippen LogP contribution is -2.23. The zero-order chi connectivity index (χ0) is 20.4. The first-order valence-corrected chi connectivity index (χ1v) is 10.5. The van der Waals surface area contributed by atoms with E-state index in [1.54, 1.807) is 12.4 Å². The first-order chi connectivity index (χ1) is 14.0. The molecule has 4 rings (SSSR count). The Hall–Kier alpha value is -3.47. The van der Waals surface area contributed by atoms with E-state index in [2.05, 4.69) is 20.8 Å². The van der Waals surface area contributed by atoms with Gasteiger partial charge in [0.05, 0.1) is 16.5 Å². The summed E-state index contributed by atoms with van der Waals surface area (Å²) in [5.74, 6) is 0. The molecule has 2 N–H and O–H groups in total. The molecule has 6 nitrogen and oxygen atoms in total. The Morgan fingerprint density at radius 3 is 2.66 bits per heavy atom. The second kappa shape index (κ2) is 7.51. The minimum atomic E-state index is -3.71. The molecule has 2 aromatic heterocycles. The maximum absolute atomic E-state index is 12.6. The van der Waals surface area contributed by atoms with Crippen molar-refractivity contribution in [3.05, 3.63) is 83.7 Å². The van der Waals surface area contributed by atoms with Crippen molar-refractivity contribution >= 4 is 21.1 Å². The Kier molecular flexibility index (Phi) is 4.89. The number of fused-ring (bicyclic) bond motifs is 1. The van der Waals surface area contributed by atoms with Gasteiger partial charge >= 0.3 is 0 Å². The van der Waals surface area contributed by atoms with Crippen LogP contribution in [0, 0.1) is 18.3 Å². The topological polar surface area (TPSA) is 98.6 Å². The second-order valence-electron chi connectivity index (χ2n) is 6.73. The molecule has 0 spiro atoms. The molecule has 2 aromatic carbocycles. The van der Waals surface area contributed by atoms with Crippen molar-refractivity contribution in [3.63, 3.8) is 0 Å². The van der Waals surface area contributed by atoms with E-state index in [1.807, 2.05) is 37.3 Å². The summed E-state index contributed by atoms with van der Waals surface area (Å²) in [6, 6.07) is 17.9. The number of hydrogen-bond acceptors (Lipinski definition) is 4. The molecule has 4 aromatic rings. The van der Waals surface area contributed by atoms with Crippen LogP contribution in [0.25, 0.3) is 22.2 Å². The molecule has 0 atom stereocenters. The maximum atomic E-state index is 12.6. The van der Waals surface area contributed by atoms with Crippen LogP contribution in [0.15, 0.2) is 71.9 Å². The predicted octanol–water partition coefficient (Wildman–Crippen LogP) is 3.89. The Morgan fingerprint density at radius 2 is 1.93 bits per heavy atom. The van der Waals surface area contributed by atoms with Crippen LogP contribution in [-0.4, -0.2) is 18.4 Å². The van der Waals surface area contributed by atoms with Crippen LogP contribution in [0.2, 0.25) is 0 Å². The summed E-state index contributed by atoms with van der Waals surface area (Å²) in [5.41, 5.74) is 5.11. The van der Waals surface area contributed by atoms with Gasteiger partial charge in [0, 0.05) is 24.3 Å². The molecule has 7 heteroatoms. The van der Waals surface area contributed by atoms with Gasteiger partial charge in [-0.15, -0.1) is 0 Å². The number of benzene rings is 2. The van der Waals surface area contributed by atoms with Crippen molar-refractivity contribution in [3.8, 4) is 17.2 Å². The lowest BCUT2D eigenvalue weighted by molar-refractivity contribution is 0.581. The van der Waals surface area contributed by atoms with Crippen molar-refractivity contribution < 1.29 is 8.42 Å². The molecule has 29 heavy (non-hydrogen) atoms. The lowest BCUT2D eigenvalue weighted by Gasteiger charge is -2.09. The molecular weight excluding hydrogens is 384 g/mol. The molecule has 0 aliphatic carbocycles. The van der Waals surface area contributed by atoms with E-state index in [0.29, 0.717) is 11.2 Å². The van der Waals surface area contributed by atoms with E-state index in [1.165, 1.54) is 24.3 Å². The van der Waals surface area contributed by atoms with Crippen molar-refractivity contribution in [1.29, 1.82) is 5.26 Å². The molecular formula is C22H18N4O2S. The third-order valence-electron chi connectivity index (χ3n) is 4.73. The van der Waals surface area contributed by atoms with Gasteiger partial charge < -0.3 is 4.98 Å². The van der Waals surface area contributed by atoms with Gasteiger partial charge in [-0.3, -0.25) is 0 Å². The largest absolute Gasteiger partial charge is 0.346 e. The number of pyridine rings is 1. The van der Waals surface area contributed by atoms with E-state index < -0.39 is 10.0 Å². The Morgan fingerprint density at radius 1 is 1.14 bits per heavy atom. The highest BCUT2D eigenvalue weighted by Crippen LogP contribution is 2.30. The molecule has 2 heterocycles. The molecule has 0 amide bonds. The van der Waals surface area contributed by atoms with Gasteiger partial charge in [0.2, 0.25) is 10.0 Å². The number of aryl methyl sites for hydroxylation is 1. The van der Waals surface area contributed by atoms with Crippen molar-refractivity contribution in [2.24, 2.45) is 0 Å². The smallest absolute Gasteiger partial charge is 0.240 e. The molecule has 0 aliphatic rings. The summed E-state index contributed by atoms with van der Waals surface area (Å²) >= 11 is 0. The van der Waals surface area contributed by atoms with E-state index in [9.17, 15) is 8.42 Å². The average Bonchev–Trinajstić information content (AvgIpc) is 3.16. The third kappa shape index (κ3) is 3.76.